The van der Waals surface area contributed by atoms with Crippen LogP contribution in [-0.4, -0.2) is 32.5 Å². The topological polar surface area (TPSA) is 85.9 Å². The number of carbonyl (C=O) groups excluding carboxylic acids is 2. The molecule has 21 heavy (non-hydrogen) atoms. The van der Waals surface area contributed by atoms with Crippen molar-refractivity contribution < 1.29 is 23.8 Å². The Hall–Kier alpha value is -2.44. The predicted molar refractivity (Wildman–Crippen MR) is 76.1 cm³/mol. The molecule has 0 heterocycles. The summed E-state index contributed by atoms with van der Waals surface area (Å²) in [6, 6.07) is 7.00. The highest BCUT2D eigenvalue weighted by Crippen LogP contribution is 2.23. The van der Waals surface area contributed by atoms with Crippen molar-refractivity contribution in [1.29, 1.82) is 0 Å². The van der Waals surface area contributed by atoms with E-state index in [0.29, 0.717) is 11.3 Å². The van der Waals surface area contributed by atoms with Gasteiger partial charge in [-0.2, -0.15) is 0 Å². The van der Waals surface area contributed by atoms with Crippen LogP contribution >= 0.6 is 0 Å². The molecule has 7 heteroatoms. The molecule has 2 N–H and O–H groups in total. The van der Waals surface area contributed by atoms with Crippen LogP contribution in [-0.2, 0) is 9.47 Å². The Kier molecular flexibility index (Phi) is 6.86. The normalized spacial score (nSPS) is 9.90. The zero-order chi connectivity index (χ0) is 15.7. The van der Waals surface area contributed by atoms with Crippen molar-refractivity contribution in [1.82, 2.24) is 10.6 Å². The van der Waals surface area contributed by atoms with Crippen LogP contribution in [0.25, 0.3) is 0 Å². The molecule has 0 aliphatic carbocycles. The number of hydrogen-bond donors (Lipinski definition) is 2. The van der Waals surface area contributed by atoms with Crippen molar-refractivity contribution in [2.45, 2.75) is 20.0 Å². The molecule has 1 rings (SSSR count). The van der Waals surface area contributed by atoms with Gasteiger partial charge in [0.15, 0.2) is 0 Å². The van der Waals surface area contributed by atoms with Crippen LogP contribution in [0.2, 0.25) is 0 Å². The summed E-state index contributed by atoms with van der Waals surface area (Å²) in [5.74, 6) is 0.524. The number of alkyl carbamates (subject to hydrolysis) is 2. The molecule has 0 unspecified atom stereocenters. The third-order valence-electron chi connectivity index (χ3n) is 2.53. The van der Waals surface area contributed by atoms with E-state index in [2.05, 4.69) is 10.6 Å². The Bertz CT molecular complexity index is 458. The van der Waals surface area contributed by atoms with Crippen LogP contribution < -0.4 is 15.4 Å². The van der Waals surface area contributed by atoms with Gasteiger partial charge in [0.2, 0.25) is 0 Å². The standard InChI is InChI=1S/C14H20N2O5/c1-4-20-13(17)15-12(16-14(18)21-5-2)10-8-6-7-9-11(10)19-3/h6-9,12H,4-5H2,1-3H3,(H,15,17)(H,16,18). The molecule has 0 saturated carbocycles. The molecular weight excluding hydrogens is 276 g/mol. The van der Waals surface area contributed by atoms with E-state index in [4.69, 9.17) is 14.2 Å². The lowest BCUT2D eigenvalue weighted by Gasteiger charge is -2.21. The highest BCUT2D eigenvalue weighted by molar-refractivity contribution is 5.71. The summed E-state index contributed by atoms with van der Waals surface area (Å²) >= 11 is 0. The highest BCUT2D eigenvalue weighted by atomic mass is 16.6. The van der Waals surface area contributed by atoms with Crippen molar-refractivity contribution in [3.63, 3.8) is 0 Å². The minimum atomic E-state index is -0.820. The van der Waals surface area contributed by atoms with E-state index in [9.17, 15) is 9.59 Å². The maximum Gasteiger partial charge on any atom is 0.409 e. The Morgan fingerprint density at radius 1 is 1.05 bits per heavy atom. The summed E-state index contributed by atoms with van der Waals surface area (Å²) in [6.07, 6.45) is -2.12. The molecule has 0 atom stereocenters. The third kappa shape index (κ3) is 5.21. The van der Waals surface area contributed by atoms with Gasteiger partial charge in [0, 0.05) is 5.56 Å². The van der Waals surface area contributed by atoms with Gasteiger partial charge >= 0.3 is 12.2 Å². The lowest BCUT2D eigenvalue weighted by Crippen LogP contribution is -2.41. The first-order chi connectivity index (χ1) is 10.1. The highest BCUT2D eigenvalue weighted by Gasteiger charge is 2.21. The number of para-hydroxylation sites is 1. The third-order valence-corrected chi connectivity index (χ3v) is 2.53. The fourth-order valence-corrected chi connectivity index (χ4v) is 1.68. The number of hydrogen-bond acceptors (Lipinski definition) is 5. The molecule has 0 radical (unpaired) electrons. The molecule has 0 spiro atoms. The quantitative estimate of drug-likeness (QED) is 0.786. The average molecular weight is 296 g/mol. The molecule has 1 aromatic carbocycles. The maximum atomic E-state index is 11.6. The molecule has 116 valence electrons. The fourth-order valence-electron chi connectivity index (χ4n) is 1.68. The van der Waals surface area contributed by atoms with Gasteiger partial charge in [0.25, 0.3) is 0 Å². The molecular formula is C14H20N2O5. The van der Waals surface area contributed by atoms with Gasteiger partial charge in [-0.05, 0) is 19.9 Å². The van der Waals surface area contributed by atoms with Gasteiger partial charge in [-0.3, -0.25) is 10.6 Å². The zero-order valence-corrected chi connectivity index (χ0v) is 12.3. The van der Waals surface area contributed by atoms with E-state index in [0.717, 1.165) is 0 Å². The van der Waals surface area contributed by atoms with Crippen molar-refractivity contribution in [2.75, 3.05) is 20.3 Å². The second-order valence-electron chi connectivity index (χ2n) is 3.90. The van der Waals surface area contributed by atoms with E-state index in [1.807, 2.05) is 0 Å². The molecule has 7 nitrogen and oxygen atoms in total. The Morgan fingerprint density at radius 3 is 2.05 bits per heavy atom. The van der Waals surface area contributed by atoms with Gasteiger partial charge in [-0.1, -0.05) is 18.2 Å². The average Bonchev–Trinajstić information content (AvgIpc) is 2.47. The summed E-state index contributed by atoms with van der Waals surface area (Å²) in [4.78, 5) is 23.2. The number of ether oxygens (including phenoxy) is 3. The van der Waals surface area contributed by atoms with Crippen LogP contribution in [0.3, 0.4) is 0 Å². The molecule has 0 fully saturated rings. The summed E-state index contributed by atoms with van der Waals surface area (Å²) in [5.41, 5.74) is 0.584. The van der Waals surface area contributed by atoms with Crippen molar-refractivity contribution in [3.05, 3.63) is 29.8 Å². The van der Waals surface area contributed by atoms with E-state index in [1.54, 1.807) is 38.1 Å². The molecule has 0 aliphatic rings. The van der Waals surface area contributed by atoms with Crippen molar-refractivity contribution in [2.24, 2.45) is 0 Å². The predicted octanol–water partition coefficient (Wildman–Crippen LogP) is 2.19. The fraction of sp³-hybridized carbons (Fsp3) is 0.429. The smallest absolute Gasteiger partial charge is 0.409 e. The minimum Gasteiger partial charge on any atom is -0.496 e. The van der Waals surface area contributed by atoms with Crippen LogP contribution in [0.15, 0.2) is 24.3 Å². The maximum absolute atomic E-state index is 11.6. The van der Waals surface area contributed by atoms with Crippen molar-refractivity contribution >= 4 is 12.2 Å². The minimum absolute atomic E-state index is 0.226. The number of methoxy groups -OCH3 is 1. The monoisotopic (exact) mass is 296 g/mol. The summed E-state index contributed by atoms with van der Waals surface area (Å²) in [6.45, 7) is 3.83. The van der Waals surface area contributed by atoms with Gasteiger partial charge < -0.3 is 14.2 Å². The van der Waals surface area contributed by atoms with Crippen LogP contribution in [0, 0.1) is 0 Å². The van der Waals surface area contributed by atoms with Gasteiger partial charge in [-0.25, -0.2) is 9.59 Å². The molecule has 1 aromatic rings. The molecule has 2 amide bonds. The lowest BCUT2D eigenvalue weighted by molar-refractivity contribution is 0.134. The van der Waals surface area contributed by atoms with E-state index in [1.165, 1.54) is 7.11 Å². The van der Waals surface area contributed by atoms with Gasteiger partial charge in [-0.15, -0.1) is 0 Å². The number of carbonyl (C=O) groups is 2. The van der Waals surface area contributed by atoms with E-state index in [-0.39, 0.29) is 13.2 Å². The van der Waals surface area contributed by atoms with Crippen LogP contribution in [0.5, 0.6) is 5.75 Å². The van der Waals surface area contributed by atoms with E-state index >= 15 is 0 Å². The number of amides is 2. The van der Waals surface area contributed by atoms with Gasteiger partial charge in [0.05, 0.1) is 20.3 Å². The first-order valence-electron chi connectivity index (χ1n) is 6.61. The first kappa shape index (κ1) is 16.6. The Labute approximate surface area is 123 Å². The van der Waals surface area contributed by atoms with Crippen LogP contribution in [0.1, 0.15) is 25.6 Å². The number of benzene rings is 1. The lowest BCUT2D eigenvalue weighted by atomic mass is 10.1. The second kappa shape index (κ2) is 8.68. The first-order valence-corrected chi connectivity index (χ1v) is 6.61. The largest absolute Gasteiger partial charge is 0.496 e. The van der Waals surface area contributed by atoms with Crippen LogP contribution in [0.4, 0.5) is 9.59 Å². The SMILES string of the molecule is CCOC(=O)NC(NC(=O)OCC)c1ccccc1OC. The number of rotatable bonds is 6. The summed E-state index contributed by atoms with van der Waals surface area (Å²) < 4.78 is 14.9. The van der Waals surface area contributed by atoms with Crippen molar-refractivity contribution in [3.8, 4) is 5.75 Å². The Balaban J connectivity index is 2.94. The molecule has 0 bridgehead atoms. The summed E-state index contributed by atoms with van der Waals surface area (Å²) in [5, 5.41) is 5.09. The second-order valence-corrected chi connectivity index (χ2v) is 3.90. The molecule has 0 aromatic heterocycles. The van der Waals surface area contributed by atoms with E-state index < -0.39 is 18.4 Å². The van der Waals surface area contributed by atoms with Gasteiger partial charge in [0.1, 0.15) is 11.9 Å². The molecule has 0 aliphatic heterocycles. The molecule has 0 saturated heterocycles. The number of nitrogens with one attached hydrogen (secondary N) is 2. The zero-order valence-electron chi connectivity index (χ0n) is 12.3. The Morgan fingerprint density at radius 2 is 1.57 bits per heavy atom. The summed E-state index contributed by atoms with van der Waals surface area (Å²) in [7, 11) is 1.50.